The molecule has 1 aromatic carbocycles. The van der Waals surface area contributed by atoms with E-state index in [1.54, 1.807) is 18.2 Å². The van der Waals surface area contributed by atoms with Crippen molar-refractivity contribution < 1.29 is 17.9 Å². The molecule has 0 spiro atoms. The van der Waals surface area contributed by atoms with Crippen molar-refractivity contribution in [2.24, 2.45) is 0 Å². The summed E-state index contributed by atoms with van der Waals surface area (Å²) in [7, 11) is -0.727. The topological polar surface area (TPSA) is 91.5 Å². The monoisotopic (exact) mass is 308 g/mol. The maximum atomic E-state index is 12.5. The highest BCUT2D eigenvalue weighted by Gasteiger charge is 2.21. The van der Waals surface area contributed by atoms with E-state index in [-0.39, 0.29) is 22.2 Å². The predicted octanol–water partition coefficient (Wildman–Crippen LogP) is 1.65. The molecule has 7 heteroatoms. The number of benzene rings is 1. The van der Waals surface area contributed by atoms with Gasteiger partial charge in [-0.3, -0.25) is 0 Å². The maximum absolute atomic E-state index is 12.5. The molecule has 112 valence electrons. The van der Waals surface area contributed by atoms with E-state index in [1.165, 1.54) is 32.5 Å². The number of aromatic nitrogens is 1. The number of hydrogen-bond donors (Lipinski definition) is 1. The van der Waals surface area contributed by atoms with Gasteiger partial charge in [-0.15, -0.1) is 0 Å². The van der Waals surface area contributed by atoms with Gasteiger partial charge in [-0.1, -0.05) is 6.07 Å². The van der Waals surface area contributed by atoms with Crippen LogP contribution in [0.4, 0.5) is 5.69 Å². The van der Waals surface area contributed by atoms with Gasteiger partial charge in [0.2, 0.25) is 5.88 Å². The highest BCUT2D eigenvalue weighted by Crippen LogP contribution is 2.28. The van der Waals surface area contributed by atoms with Crippen LogP contribution in [0.2, 0.25) is 0 Å². The Kier molecular flexibility index (Phi) is 4.32. The van der Waals surface area contributed by atoms with Crippen LogP contribution in [0, 0.1) is 0 Å². The van der Waals surface area contributed by atoms with Crippen molar-refractivity contribution in [1.29, 1.82) is 0 Å². The molecule has 21 heavy (non-hydrogen) atoms. The molecule has 1 heterocycles. The zero-order valence-electron chi connectivity index (χ0n) is 11.7. The Bertz CT molecular complexity index is 744. The van der Waals surface area contributed by atoms with E-state index in [4.69, 9.17) is 15.2 Å². The van der Waals surface area contributed by atoms with Crippen molar-refractivity contribution in [2.45, 2.75) is 10.6 Å². The molecular formula is C14H16N2O4S. The van der Waals surface area contributed by atoms with Gasteiger partial charge in [-0.2, -0.15) is 0 Å². The molecule has 0 fully saturated rings. The van der Waals surface area contributed by atoms with Crippen molar-refractivity contribution in [3.63, 3.8) is 0 Å². The zero-order valence-corrected chi connectivity index (χ0v) is 12.6. The summed E-state index contributed by atoms with van der Waals surface area (Å²) in [5.74, 6) is 0.463. The molecule has 6 nitrogen and oxygen atoms in total. The van der Waals surface area contributed by atoms with Crippen molar-refractivity contribution in [3.05, 3.63) is 42.1 Å². The SMILES string of the molecule is COc1ccc(N)c(S(=O)(=O)Cc2cccnc2OC)c1. The van der Waals surface area contributed by atoms with E-state index in [0.29, 0.717) is 11.3 Å². The third kappa shape index (κ3) is 3.25. The first-order valence-corrected chi connectivity index (χ1v) is 7.77. The number of anilines is 1. The number of nitrogen functional groups attached to an aromatic ring is 1. The Hall–Kier alpha value is -2.28. The van der Waals surface area contributed by atoms with Crippen molar-refractivity contribution in [1.82, 2.24) is 4.98 Å². The van der Waals surface area contributed by atoms with E-state index >= 15 is 0 Å². The van der Waals surface area contributed by atoms with Gasteiger partial charge in [0.15, 0.2) is 9.84 Å². The summed E-state index contributed by atoms with van der Waals surface area (Å²) in [6.07, 6.45) is 1.54. The second-order valence-electron chi connectivity index (χ2n) is 4.33. The lowest BCUT2D eigenvalue weighted by molar-refractivity contribution is 0.394. The minimum Gasteiger partial charge on any atom is -0.497 e. The minimum absolute atomic E-state index is 0.0350. The Labute approximate surface area is 123 Å². The van der Waals surface area contributed by atoms with Crippen molar-refractivity contribution >= 4 is 15.5 Å². The van der Waals surface area contributed by atoms with Gasteiger partial charge >= 0.3 is 0 Å². The molecule has 2 rings (SSSR count). The van der Waals surface area contributed by atoms with E-state index in [2.05, 4.69) is 4.98 Å². The molecule has 0 unspecified atom stereocenters. The number of hydrogen-bond acceptors (Lipinski definition) is 6. The molecule has 0 aliphatic carbocycles. The first kappa shape index (κ1) is 15.1. The number of rotatable bonds is 5. The molecule has 0 saturated heterocycles. The van der Waals surface area contributed by atoms with Crippen LogP contribution in [-0.2, 0) is 15.6 Å². The Morgan fingerprint density at radius 1 is 1.19 bits per heavy atom. The molecule has 1 aromatic heterocycles. The van der Waals surface area contributed by atoms with E-state index in [1.807, 2.05) is 0 Å². The average molecular weight is 308 g/mol. The third-order valence-corrected chi connectivity index (χ3v) is 4.66. The second-order valence-corrected chi connectivity index (χ2v) is 6.29. The molecule has 0 aliphatic heterocycles. The number of nitrogens with two attached hydrogens (primary N) is 1. The summed E-state index contributed by atoms with van der Waals surface area (Å²) in [6, 6.07) is 7.83. The number of nitrogens with zero attached hydrogens (tertiary/aromatic N) is 1. The van der Waals surface area contributed by atoms with Gasteiger partial charge < -0.3 is 15.2 Å². The molecule has 2 N–H and O–H groups in total. The zero-order chi connectivity index (χ0) is 15.5. The van der Waals surface area contributed by atoms with Gasteiger partial charge in [0, 0.05) is 17.8 Å². The van der Waals surface area contributed by atoms with Gasteiger partial charge in [-0.25, -0.2) is 13.4 Å². The lowest BCUT2D eigenvalue weighted by Gasteiger charge is -2.11. The van der Waals surface area contributed by atoms with Gasteiger partial charge in [0.05, 0.1) is 30.6 Å². The van der Waals surface area contributed by atoms with Crippen LogP contribution >= 0.6 is 0 Å². The standard InChI is InChI=1S/C14H16N2O4S/c1-19-11-5-6-12(15)13(8-11)21(17,18)9-10-4-3-7-16-14(10)20-2/h3-8H,9,15H2,1-2H3. The fourth-order valence-electron chi connectivity index (χ4n) is 1.91. The second kappa shape index (κ2) is 6.01. The fourth-order valence-corrected chi connectivity index (χ4v) is 3.42. The van der Waals surface area contributed by atoms with E-state index in [0.717, 1.165) is 0 Å². The fraction of sp³-hybridized carbons (Fsp3) is 0.214. The lowest BCUT2D eigenvalue weighted by Crippen LogP contribution is -2.09. The molecule has 0 radical (unpaired) electrons. The minimum atomic E-state index is -3.63. The van der Waals surface area contributed by atoms with E-state index in [9.17, 15) is 8.42 Å². The third-order valence-electron chi connectivity index (χ3n) is 2.94. The van der Waals surface area contributed by atoms with Gasteiger partial charge in [-0.05, 0) is 18.2 Å². The summed E-state index contributed by atoms with van der Waals surface area (Å²) in [5, 5.41) is 0. The van der Waals surface area contributed by atoms with Gasteiger partial charge in [0.25, 0.3) is 0 Å². The van der Waals surface area contributed by atoms with Crippen LogP contribution in [0.1, 0.15) is 5.56 Å². The van der Waals surface area contributed by atoms with Crippen LogP contribution in [0.25, 0.3) is 0 Å². The molecule has 0 bridgehead atoms. The molecule has 0 aliphatic rings. The van der Waals surface area contributed by atoms with Crippen LogP contribution in [0.5, 0.6) is 11.6 Å². The lowest BCUT2D eigenvalue weighted by atomic mass is 10.3. The van der Waals surface area contributed by atoms with Crippen molar-refractivity contribution in [3.8, 4) is 11.6 Å². The summed E-state index contributed by atoms with van der Waals surface area (Å²) < 4.78 is 35.2. The van der Waals surface area contributed by atoms with Crippen LogP contribution in [-0.4, -0.2) is 27.6 Å². The van der Waals surface area contributed by atoms with Crippen LogP contribution in [0.3, 0.4) is 0 Å². The summed E-state index contributed by atoms with van der Waals surface area (Å²) in [5.41, 5.74) is 6.43. The Morgan fingerprint density at radius 2 is 1.95 bits per heavy atom. The number of sulfone groups is 1. The van der Waals surface area contributed by atoms with Crippen LogP contribution < -0.4 is 15.2 Å². The Morgan fingerprint density at radius 3 is 2.62 bits per heavy atom. The van der Waals surface area contributed by atoms with Gasteiger partial charge in [0.1, 0.15) is 5.75 Å². The first-order valence-electron chi connectivity index (χ1n) is 6.12. The smallest absolute Gasteiger partial charge is 0.217 e. The average Bonchev–Trinajstić information content (AvgIpc) is 2.47. The normalized spacial score (nSPS) is 11.1. The predicted molar refractivity (Wildman–Crippen MR) is 79.1 cm³/mol. The number of ether oxygens (including phenoxy) is 2. The quantitative estimate of drug-likeness (QED) is 0.845. The largest absolute Gasteiger partial charge is 0.497 e. The highest BCUT2D eigenvalue weighted by atomic mass is 32.2. The first-order chi connectivity index (χ1) is 9.97. The summed E-state index contributed by atoms with van der Waals surface area (Å²) in [6.45, 7) is 0. The summed E-state index contributed by atoms with van der Waals surface area (Å²) in [4.78, 5) is 4.02. The number of pyridine rings is 1. The molecule has 0 saturated carbocycles. The maximum Gasteiger partial charge on any atom is 0.217 e. The molecular weight excluding hydrogens is 292 g/mol. The number of methoxy groups -OCH3 is 2. The van der Waals surface area contributed by atoms with Crippen molar-refractivity contribution in [2.75, 3.05) is 20.0 Å². The van der Waals surface area contributed by atoms with E-state index < -0.39 is 9.84 Å². The highest BCUT2D eigenvalue weighted by molar-refractivity contribution is 7.90. The molecule has 2 aromatic rings. The molecule has 0 atom stereocenters. The summed E-state index contributed by atoms with van der Waals surface area (Å²) >= 11 is 0. The molecule has 0 amide bonds. The van der Waals surface area contributed by atoms with Crippen LogP contribution in [0.15, 0.2) is 41.4 Å². The Balaban J connectivity index is 2.43.